The molecule has 0 aromatic heterocycles. The summed E-state index contributed by atoms with van der Waals surface area (Å²) in [6.45, 7) is 13.8. The molecule has 2 heterocycles. The number of carbonyl (C=O) groups is 3. The van der Waals surface area contributed by atoms with Gasteiger partial charge in [-0.25, -0.2) is 14.4 Å². The molecule has 3 rings (SSSR count). The van der Waals surface area contributed by atoms with Crippen molar-refractivity contribution in [3.63, 3.8) is 0 Å². The number of hydrogen-bond acceptors (Lipinski definition) is 7. The first-order valence-electron chi connectivity index (χ1n) is 13.4. The number of rotatable bonds is 3. The van der Waals surface area contributed by atoms with Gasteiger partial charge in [0.15, 0.2) is 0 Å². The fraction of sp³-hybridized carbons (Fsp3) is 0.690. The number of benzene rings is 1. The summed E-state index contributed by atoms with van der Waals surface area (Å²) >= 11 is 0. The second-order valence-electron chi connectivity index (χ2n) is 11.8. The second-order valence-corrected chi connectivity index (χ2v) is 11.8. The largest absolute Gasteiger partial charge is 0.445 e. The summed E-state index contributed by atoms with van der Waals surface area (Å²) in [6.07, 6.45) is 2.57. The Kier molecular flexibility index (Phi) is 13.6. The normalized spacial score (nSPS) is 19.5. The van der Waals surface area contributed by atoms with Crippen LogP contribution in [0.25, 0.3) is 0 Å². The molecule has 0 spiro atoms. The third-order valence-electron chi connectivity index (χ3n) is 5.72. The van der Waals surface area contributed by atoms with Crippen LogP contribution in [-0.2, 0) is 20.8 Å². The predicted octanol–water partition coefficient (Wildman–Crippen LogP) is 5.29. The molecule has 0 radical (unpaired) electrons. The highest BCUT2D eigenvalue weighted by Gasteiger charge is 2.29. The van der Waals surface area contributed by atoms with E-state index in [0.29, 0.717) is 19.6 Å². The fourth-order valence-electron chi connectivity index (χ4n) is 4.02. The zero-order chi connectivity index (χ0) is 28.3. The molecular weight excluding hydrogens is 500 g/mol. The van der Waals surface area contributed by atoms with Crippen LogP contribution in [0.4, 0.5) is 14.4 Å². The molecule has 2 saturated heterocycles. The van der Waals surface area contributed by atoms with E-state index in [0.717, 1.165) is 37.8 Å². The first-order chi connectivity index (χ1) is 17.7. The summed E-state index contributed by atoms with van der Waals surface area (Å²) in [5.74, 6) is 0. The number of likely N-dealkylation sites (tertiary alicyclic amines) is 2. The third kappa shape index (κ3) is 14.1. The van der Waals surface area contributed by atoms with Crippen LogP contribution < -0.4 is 11.1 Å². The smallest absolute Gasteiger partial charge is 0.410 e. The maximum Gasteiger partial charge on any atom is 0.410 e. The van der Waals surface area contributed by atoms with Crippen molar-refractivity contribution in [3.05, 3.63) is 35.9 Å². The van der Waals surface area contributed by atoms with E-state index in [1.807, 2.05) is 71.9 Å². The highest BCUT2D eigenvalue weighted by molar-refractivity contribution is 5.70. The van der Waals surface area contributed by atoms with Crippen molar-refractivity contribution in [3.8, 4) is 0 Å². The van der Waals surface area contributed by atoms with Gasteiger partial charge >= 0.3 is 18.3 Å². The molecule has 2 aliphatic heterocycles. The van der Waals surface area contributed by atoms with E-state index < -0.39 is 17.3 Å². The lowest BCUT2D eigenvalue weighted by molar-refractivity contribution is 0.0180. The molecule has 39 heavy (non-hydrogen) atoms. The maximum absolute atomic E-state index is 12.1. The maximum atomic E-state index is 12.1. The van der Waals surface area contributed by atoms with Gasteiger partial charge in [-0.15, -0.1) is 0 Å². The Morgan fingerprint density at radius 1 is 0.872 bits per heavy atom. The van der Waals surface area contributed by atoms with Gasteiger partial charge in [-0.2, -0.15) is 0 Å². The number of hydrogen-bond donors (Lipinski definition) is 2. The van der Waals surface area contributed by atoms with Gasteiger partial charge in [0, 0.05) is 38.3 Å². The van der Waals surface area contributed by atoms with Crippen LogP contribution >= 0.6 is 0 Å². The highest BCUT2D eigenvalue weighted by Crippen LogP contribution is 2.16. The number of nitrogens with two attached hydrogens (primary N) is 1. The Labute approximate surface area is 234 Å². The van der Waals surface area contributed by atoms with Crippen molar-refractivity contribution in [1.82, 2.24) is 15.1 Å². The van der Waals surface area contributed by atoms with Crippen molar-refractivity contribution in [1.29, 1.82) is 0 Å². The van der Waals surface area contributed by atoms with E-state index >= 15 is 0 Å². The topological polar surface area (TPSA) is 123 Å². The lowest BCUT2D eigenvalue weighted by atomic mass is 10.1. The highest BCUT2D eigenvalue weighted by atomic mass is 16.6. The summed E-state index contributed by atoms with van der Waals surface area (Å²) in [5, 5.41) is 2.83. The number of nitrogens with one attached hydrogen (secondary N) is 1. The molecule has 0 bridgehead atoms. The molecule has 1 aromatic rings. The molecule has 3 N–H and O–H groups in total. The zero-order valence-corrected chi connectivity index (χ0v) is 23.8. The van der Waals surface area contributed by atoms with Gasteiger partial charge in [-0.1, -0.05) is 37.8 Å². The molecule has 2 fully saturated rings. The second kappa shape index (κ2) is 15.5. The summed E-state index contributed by atoms with van der Waals surface area (Å²) in [6, 6.07) is 9.51. The van der Waals surface area contributed by atoms with E-state index in [-0.39, 0.29) is 38.3 Å². The Morgan fingerprint density at radius 3 is 1.90 bits per heavy atom. The molecule has 2 aliphatic rings. The molecule has 1 aromatic carbocycles. The Morgan fingerprint density at radius 2 is 1.38 bits per heavy atom. The Bertz CT molecular complexity index is 897. The van der Waals surface area contributed by atoms with E-state index in [9.17, 15) is 14.4 Å². The van der Waals surface area contributed by atoms with Gasteiger partial charge in [0.2, 0.25) is 0 Å². The minimum Gasteiger partial charge on any atom is -0.445 e. The average Bonchev–Trinajstić information content (AvgIpc) is 2.82. The molecule has 0 saturated carbocycles. The fourth-order valence-corrected chi connectivity index (χ4v) is 4.02. The monoisotopic (exact) mass is 550 g/mol. The van der Waals surface area contributed by atoms with Gasteiger partial charge in [0.05, 0.1) is 0 Å². The van der Waals surface area contributed by atoms with Gasteiger partial charge in [0.25, 0.3) is 0 Å². The predicted molar refractivity (Wildman–Crippen MR) is 152 cm³/mol. The van der Waals surface area contributed by atoms with Crippen LogP contribution in [-0.4, -0.2) is 77.5 Å². The number of amides is 3. The van der Waals surface area contributed by atoms with Gasteiger partial charge in [-0.05, 0) is 72.8 Å². The molecule has 222 valence electrons. The molecule has 10 heteroatoms. The summed E-state index contributed by atoms with van der Waals surface area (Å²) < 4.78 is 15.9. The Balaban J connectivity index is 0.000000434. The Hall–Kier alpha value is -3.01. The number of ether oxygens (including phenoxy) is 3. The number of piperidine rings is 2. The third-order valence-corrected chi connectivity index (χ3v) is 5.72. The number of nitrogens with zero attached hydrogens (tertiary/aromatic N) is 2. The van der Waals surface area contributed by atoms with Crippen molar-refractivity contribution >= 4 is 18.3 Å². The standard InChI is InChI=1S/C18H26N2O4.C10H20N2O2.CH4/c1-18(2,3)24-17(22)20-11-7-10-15(12-20)19-16(21)23-13-14-8-5-4-6-9-14;1-10(2,3)14-9(13)12-6-4-5-8(11)7-12;/h4-6,8-9,15H,7,10-13H2,1-3H3,(H,19,21);8H,4-7,11H2,1-3H3;1H4/t15-;8-;/m11./s1. The molecule has 0 unspecified atom stereocenters. The molecule has 0 aliphatic carbocycles. The first-order valence-corrected chi connectivity index (χ1v) is 13.4. The van der Waals surface area contributed by atoms with Gasteiger partial charge in [0.1, 0.15) is 17.8 Å². The molecule has 3 amide bonds. The van der Waals surface area contributed by atoms with E-state index in [1.54, 1.807) is 9.80 Å². The van der Waals surface area contributed by atoms with E-state index in [4.69, 9.17) is 19.9 Å². The van der Waals surface area contributed by atoms with Crippen LogP contribution in [0.1, 0.15) is 80.2 Å². The zero-order valence-electron chi connectivity index (χ0n) is 23.8. The lowest BCUT2D eigenvalue weighted by Gasteiger charge is -2.34. The summed E-state index contributed by atoms with van der Waals surface area (Å²) in [4.78, 5) is 39.0. The van der Waals surface area contributed by atoms with Crippen LogP contribution in [0, 0.1) is 0 Å². The molecule has 2 atom stereocenters. The molecular formula is C29H50N4O6. The van der Waals surface area contributed by atoms with Crippen molar-refractivity contribution in [2.45, 2.75) is 105 Å². The molecule has 10 nitrogen and oxygen atoms in total. The SMILES string of the molecule is C.CC(C)(C)OC(=O)N1CCC[C@@H](N)C1.CC(C)(C)OC(=O)N1CCC[C@@H](NC(=O)OCc2ccccc2)C1. The van der Waals surface area contributed by atoms with Gasteiger partial charge < -0.3 is 35.1 Å². The van der Waals surface area contributed by atoms with Crippen molar-refractivity contribution < 1.29 is 28.6 Å². The van der Waals surface area contributed by atoms with Crippen molar-refractivity contribution in [2.75, 3.05) is 26.2 Å². The van der Waals surface area contributed by atoms with E-state index in [1.165, 1.54) is 0 Å². The number of carbonyl (C=O) groups excluding carboxylic acids is 3. The van der Waals surface area contributed by atoms with Crippen LogP contribution in [0.2, 0.25) is 0 Å². The van der Waals surface area contributed by atoms with Gasteiger partial charge in [-0.3, -0.25) is 0 Å². The average molecular weight is 551 g/mol. The summed E-state index contributed by atoms with van der Waals surface area (Å²) in [7, 11) is 0. The van der Waals surface area contributed by atoms with Crippen molar-refractivity contribution in [2.24, 2.45) is 5.73 Å². The minimum atomic E-state index is -0.522. The first kappa shape index (κ1) is 34.0. The quantitative estimate of drug-likeness (QED) is 0.490. The van der Waals surface area contributed by atoms with Crippen LogP contribution in [0.15, 0.2) is 30.3 Å². The van der Waals surface area contributed by atoms with E-state index in [2.05, 4.69) is 5.32 Å². The van der Waals surface area contributed by atoms with Crippen LogP contribution in [0.3, 0.4) is 0 Å². The number of alkyl carbamates (subject to hydrolysis) is 1. The summed E-state index contributed by atoms with van der Waals surface area (Å²) in [5.41, 5.74) is 5.77. The minimum absolute atomic E-state index is 0. The van der Waals surface area contributed by atoms with Crippen LogP contribution in [0.5, 0.6) is 0 Å². The lowest BCUT2D eigenvalue weighted by Crippen LogP contribution is -2.50.